The lowest BCUT2D eigenvalue weighted by atomic mass is 9.95. The number of nitrogens with one attached hydrogen (secondary N) is 1. The number of carbonyl (C=O) groups excluding carboxylic acids is 1. The second-order valence-corrected chi connectivity index (χ2v) is 6.67. The first-order valence-electron chi connectivity index (χ1n) is 7.59. The van der Waals surface area contributed by atoms with Crippen molar-refractivity contribution >= 4 is 17.7 Å². The molecule has 2 rings (SSSR count). The molecule has 4 heteroatoms. The molecule has 0 radical (unpaired) electrons. The fourth-order valence-corrected chi connectivity index (χ4v) is 4.20. The van der Waals surface area contributed by atoms with Crippen LogP contribution in [0.4, 0.5) is 0 Å². The van der Waals surface area contributed by atoms with E-state index in [-0.39, 0.29) is 5.97 Å². The van der Waals surface area contributed by atoms with Crippen LogP contribution in [0.5, 0.6) is 0 Å². The number of esters is 1. The van der Waals surface area contributed by atoms with Crippen LogP contribution in [0.25, 0.3) is 0 Å². The molecule has 0 amide bonds. The van der Waals surface area contributed by atoms with Gasteiger partial charge >= 0.3 is 5.97 Å². The Morgan fingerprint density at radius 3 is 2.71 bits per heavy atom. The van der Waals surface area contributed by atoms with Gasteiger partial charge in [-0.15, -0.1) is 0 Å². The number of rotatable bonds is 8. The normalized spacial score (nSPS) is 17.3. The van der Waals surface area contributed by atoms with Crippen LogP contribution in [-0.2, 0) is 15.3 Å². The molecule has 0 aliphatic heterocycles. The molecule has 1 atom stereocenters. The molecule has 0 spiro atoms. The van der Waals surface area contributed by atoms with E-state index < -0.39 is 5.54 Å². The maximum atomic E-state index is 12.3. The van der Waals surface area contributed by atoms with Gasteiger partial charge in [-0.2, -0.15) is 11.8 Å². The molecule has 1 unspecified atom stereocenters. The Labute approximate surface area is 131 Å². The average molecular weight is 307 g/mol. The number of carbonyl (C=O) groups is 1. The van der Waals surface area contributed by atoms with Gasteiger partial charge in [-0.05, 0) is 43.4 Å². The van der Waals surface area contributed by atoms with E-state index >= 15 is 0 Å². The Bertz CT molecular complexity index is 487. The Kier molecular flexibility index (Phi) is 5.71. The van der Waals surface area contributed by atoms with Crippen LogP contribution in [0.15, 0.2) is 24.3 Å². The minimum Gasteiger partial charge on any atom is -0.468 e. The van der Waals surface area contributed by atoms with Gasteiger partial charge in [0.05, 0.1) is 7.11 Å². The third kappa shape index (κ3) is 3.80. The molecule has 1 N–H and O–H groups in total. The van der Waals surface area contributed by atoms with Gasteiger partial charge in [0.2, 0.25) is 0 Å². The first-order valence-corrected chi connectivity index (χ1v) is 8.75. The van der Waals surface area contributed by atoms with Crippen LogP contribution in [-0.4, -0.2) is 30.9 Å². The second kappa shape index (κ2) is 7.32. The van der Waals surface area contributed by atoms with Crippen LogP contribution in [0.3, 0.4) is 0 Å². The third-order valence-corrected chi connectivity index (χ3v) is 5.34. The molecule has 0 aromatic heterocycles. The van der Waals surface area contributed by atoms with Gasteiger partial charge in [0.1, 0.15) is 5.54 Å². The summed E-state index contributed by atoms with van der Waals surface area (Å²) in [6, 6.07) is 8.42. The van der Waals surface area contributed by atoms with Crippen molar-refractivity contribution in [2.24, 2.45) is 5.92 Å². The highest BCUT2D eigenvalue weighted by atomic mass is 32.2. The number of methoxy groups -OCH3 is 1. The van der Waals surface area contributed by atoms with E-state index in [9.17, 15) is 4.79 Å². The molecule has 1 aliphatic carbocycles. The van der Waals surface area contributed by atoms with E-state index in [1.54, 1.807) is 0 Å². The lowest BCUT2D eigenvalue weighted by Crippen LogP contribution is -2.56. The quantitative estimate of drug-likeness (QED) is 0.749. The maximum Gasteiger partial charge on any atom is 0.327 e. The molecule has 0 heterocycles. The van der Waals surface area contributed by atoms with Crippen molar-refractivity contribution in [2.75, 3.05) is 19.4 Å². The van der Waals surface area contributed by atoms with Gasteiger partial charge in [-0.3, -0.25) is 4.79 Å². The van der Waals surface area contributed by atoms with Crippen LogP contribution in [0.2, 0.25) is 0 Å². The number of hydrogen-bond donors (Lipinski definition) is 1. The zero-order valence-electron chi connectivity index (χ0n) is 13.1. The Hall–Kier alpha value is -1.00. The summed E-state index contributed by atoms with van der Waals surface area (Å²) < 4.78 is 5.08. The zero-order chi connectivity index (χ0) is 15.3. The fourth-order valence-electron chi connectivity index (χ4n) is 2.78. The van der Waals surface area contributed by atoms with Gasteiger partial charge in [-0.1, -0.05) is 31.2 Å². The minimum absolute atomic E-state index is 0.107. The first-order chi connectivity index (χ1) is 10.1. The summed E-state index contributed by atoms with van der Waals surface area (Å²) in [5, 5.41) is 3.41. The number of thioether (sulfide) groups is 1. The van der Waals surface area contributed by atoms with Crippen LogP contribution in [0, 0.1) is 12.8 Å². The standard InChI is InChI=1S/C17H25NO2S/c1-4-18-17(15-9-10-15,16(19)20-3)12-21-11-14-8-6-5-7-13(14)2/h5-8,15,18H,4,9-12H2,1-3H3. The van der Waals surface area contributed by atoms with E-state index in [0.29, 0.717) is 5.92 Å². The highest BCUT2D eigenvalue weighted by Gasteiger charge is 2.51. The molecule has 1 fully saturated rings. The van der Waals surface area contributed by atoms with E-state index in [1.807, 2.05) is 18.7 Å². The number of ether oxygens (including phenoxy) is 1. The first kappa shape index (κ1) is 16.4. The summed E-state index contributed by atoms with van der Waals surface area (Å²) in [5.74, 6) is 2.02. The van der Waals surface area contributed by atoms with Crippen LogP contribution in [0.1, 0.15) is 30.9 Å². The van der Waals surface area contributed by atoms with Gasteiger partial charge < -0.3 is 10.1 Å². The lowest BCUT2D eigenvalue weighted by Gasteiger charge is -2.31. The monoisotopic (exact) mass is 307 g/mol. The summed E-state index contributed by atoms with van der Waals surface area (Å²) >= 11 is 1.82. The molecule has 1 aromatic carbocycles. The molecule has 1 saturated carbocycles. The molecule has 1 aromatic rings. The predicted molar refractivity (Wildman–Crippen MR) is 88.5 cm³/mol. The SMILES string of the molecule is CCNC(CSCc1ccccc1C)(C(=O)OC)C1CC1. The third-order valence-electron chi connectivity index (χ3n) is 4.16. The molecule has 1 aliphatic rings. The molecule has 116 valence electrons. The van der Waals surface area contributed by atoms with Gasteiger partial charge in [0.15, 0.2) is 0 Å². The van der Waals surface area contributed by atoms with Crippen molar-refractivity contribution in [1.82, 2.24) is 5.32 Å². The summed E-state index contributed by atoms with van der Waals surface area (Å²) in [7, 11) is 1.49. The number of benzene rings is 1. The summed E-state index contributed by atoms with van der Waals surface area (Å²) in [5.41, 5.74) is 2.15. The molecule has 3 nitrogen and oxygen atoms in total. The maximum absolute atomic E-state index is 12.3. The largest absolute Gasteiger partial charge is 0.468 e. The molecule has 0 bridgehead atoms. The van der Waals surface area contributed by atoms with Crippen LogP contribution >= 0.6 is 11.8 Å². The minimum atomic E-state index is -0.503. The summed E-state index contributed by atoms with van der Waals surface area (Å²) in [6.45, 7) is 4.97. The second-order valence-electron chi connectivity index (χ2n) is 5.69. The Morgan fingerprint density at radius 2 is 2.14 bits per heavy atom. The number of aryl methyl sites for hydroxylation is 1. The molecular weight excluding hydrogens is 282 g/mol. The van der Waals surface area contributed by atoms with E-state index in [2.05, 4.69) is 36.5 Å². The van der Waals surface area contributed by atoms with Crippen LogP contribution < -0.4 is 5.32 Å². The van der Waals surface area contributed by atoms with Crippen molar-refractivity contribution in [3.05, 3.63) is 35.4 Å². The Morgan fingerprint density at radius 1 is 1.43 bits per heavy atom. The predicted octanol–water partition coefficient (Wildman–Crippen LogP) is 3.16. The smallest absolute Gasteiger partial charge is 0.327 e. The van der Waals surface area contributed by atoms with Crippen molar-refractivity contribution < 1.29 is 9.53 Å². The zero-order valence-corrected chi connectivity index (χ0v) is 14.0. The lowest BCUT2D eigenvalue weighted by molar-refractivity contribution is -0.148. The van der Waals surface area contributed by atoms with E-state index in [0.717, 1.165) is 30.9 Å². The molecule has 21 heavy (non-hydrogen) atoms. The molecular formula is C17H25NO2S. The average Bonchev–Trinajstić information content (AvgIpc) is 3.32. The van der Waals surface area contributed by atoms with E-state index in [1.165, 1.54) is 18.2 Å². The highest BCUT2D eigenvalue weighted by Crippen LogP contribution is 2.42. The van der Waals surface area contributed by atoms with Gasteiger partial charge in [0, 0.05) is 11.5 Å². The van der Waals surface area contributed by atoms with Crippen molar-refractivity contribution in [3.8, 4) is 0 Å². The topological polar surface area (TPSA) is 38.3 Å². The highest BCUT2D eigenvalue weighted by molar-refractivity contribution is 7.98. The summed E-state index contributed by atoms with van der Waals surface area (Å²) in [4.78, 5) is 12.3. The fraction of sp³-hybridized carbons (Fsp3) is 0.588. The van der Waals surface area contributed by atoms with Crippen molar-refractivity contribution in [2.45, 2.75) is 38.0 Å². The number of hydrogen-bond acceptors (Lipinski definition) is 4. The van der Waals surface area contributed by atoms with Crippen molar-refractivity contribution in [3.63, 3.8) is 0 Å². The van der Waals surface area contributed by atoms with Gasteiger partial charge in [-0.25, -0.2) is 0 Å². The molecule has 0 saturated heterocycles. The van der Waals surface area contributed by atoms with E-state index in [4.69, 9.17) is 4.74 Å². The van der Waals surface area contributed by atoms with Crippen molar-refractivity contribution in [1.29, 1.82) is 0 Å². The Balaban J connectivity index is 2.02. The summed E-state index contributed by atoms with van der Waals surface area (Å²) in [6.07, 6.45) is 2.24. The number of likely N-dealkylation sites (N-methyl/N-ethyl adjacent to an activating group) is 1. The van der Waals surface area contributed by atoms with Gasteiger partial charge in [0.25, 0.3) is 0 Å².